The minimum atomic E-state index is -0.832. The number of ether oxygens (including phenoxy) is 2. The molecule has 9 heteroatoms. The van der Waals surface area contributed by atoms with Crippen LogP contribution in [0.2, 0.25) is 5.02 Å². The summed E-state index contributed by atoms with van der Waals surface area (Å²) in [5, 5.41) is 13.9. The molecule has 0 amide bonds. The number of nitro benzene ring substituents is 1. The minimum absolute atomic E-state index is 0.0346. The van der Waals surface area contributed by atoms with Gasteiger partial charge in [0, 0.05) is 11.8 Å². The number of para-hydroxylation sites is 1. The van der Waals surface area contributed by atoms with Crippen LogP contribution < -0.4 is 5.32 Å². The summed E-state index contributed by atoms with van der Waals surface area (Å²) in [7, 11) is 0. The average molecular weight is 415 g/mol. The van der Waals surface area contributed by atoms with E-state index in [2.05, 4.69) is 5.32 Å². The lowest BCUT2D eigenvalue weighted by molar-refractivity contribution is -0.384. The lowest BCUT2D eigenvalue weighted by Gasteiger charge is -2.08. The van der Waals surface area contributed by atoms with Crippen molar-refractivity contribution in [3.05, 3.63) is 86.4 Å². The Morgan fingerprint density at radius 2 is 2.00 bits per heavy atom. The van der Waals surface area contributed by atoms with Gasteiger partial charge in [-0.2, -0.15) is 0 Å². The first-order valence-electron chi connectivity index (χ1n) is 8.52. The van der Waals surface area contributed by atoms with Gasteiger partial charge in [0.05, 0.1) is 11.5 Å². The van der Waals surface area contributed by atoms with Crippen LogP contribution in [-0.4, -0.2) is 23.3 Å². The van der Waals surface area contributed by atoms with Gasteiger partial charge in [-0.1, -0.05) is 35.9 Å². The lowest BCUT2D eigenvalue weighted by Crippen LogP contribution is -2.16. The number of halogens is 1. The molecule has 0 spiro atoms. The number of nitrogens with zero attached hydrogens (tertiary/aromatic N) is 1. The molecule has 1 N–H and O–H groups in total. The van der Waals surface area contributed by atoms with Gasteiger partial charge in [-0.05, 0) is 36.8 Å². The number of allylic oxidation sites excluding steroid dienone is 1. The number of anilines is 1. The Kier molecular flexibility index (Phi) is 5.94. The molecule has 0 aromatic heterocycles. The molecule has 29 heavy (non-hydrogen) atoms. The van der Waals surface area contributed by atoms with Crippen LogP contribution in [0.1, 0.15) is 12.5 Å². The number of hydrogen-bond donors (Lipinski definition) is 1. The average Bonchev–Trinajstić information content (AvgIpc) is 2.99. The summed E-state index contributed by atoms with van der Waals surface area (Å²) in [5.41, 5.74) is 0.312. The van der Waals surface area contributed by atoms with Gasteiger partial charge in [-0.3, -0.25) is 14.9 Å². The van der Waals surface area contributed by atoms with Gasteiger partial charge in [0.1, 0.15) is 5.02 Å². The molecule has 1 aliphatic heterocycles. The van der Waals surface area contributed by atoms with E-state index in [1.165, 1.54) is 24.3 Å². The van der Waals surface area contributed by atoms with Crippen LogP contribution >= 0.6 is 11.6 Å². The Morgan fingerprint density at radius 1 is 1.28 bits per heavy atom. The highest BCUT2D eigenvalue weighted by Crippen LogP contribution is 2.31. The quantitative estimate of drug-likeness (QED) is 0.249. The van der Waals surface area contributed by atoms with Crippen molar-refractivity contribution < 1.29 is 24.0 Å². The highest BCUT2D eigenvalue weighted by molar-refractivity contribution is 6.32. The molecule has 1 heterocycles. The van der Waals surface area contributed by atoms with Crippen LogP contribution in [0.3, 0.4) is 0 Å². The Morgan fingerprint density at radius 3 is 2.66 bits per heavy atom. The summed E-state index contributed by atoms with van der Waals surface area (Å²) in [6.45, 7) is 1.70. The summed E-state index contributed by atoms with van der Waals surface area (Å²) in [4.78, 5) is 35.5. The number of esters is 1. The van der Waals surface area contributed by atoms with Gasteiger partial charge in [-0.25, -0.2) is 4.79 Å². The largest absolute Gasteiger partial charge is 0.462 e. The van der Waals surface area contributed by atoms with Gasteiger partial charge < -0.3 is 14.8 Å². The summed E-state index contributed by atoms with van der Waals surface area (Å²) in [6, 6.07) is 12.9. The number of Topliss-reactive ketones (excluding diaryl/α,β-unsaturated/α-hetero) is 1. The van der Waals surface area contributed by atoms with Crippen LogP contribution in [0.15, 0.2) is 65.7 Å². The number of rotatable bonds is 6. The van der Waals surface area contributed by atoms with Crippen molar-refractivity contribution in [1.82, 2.24) is 0 Å². The molecule has 2 aromatic carbocycles. The summed E-state index contributed by atoms with van der Waals surface area (Å²) in [6.07, 6.45) is 1.30. The van der Waals surface area contributed by atoms with Crippen molar-refractivity contribution in [2.75, 3.05) is 11.9 Å². The van der Waals surface area contributed by atoms with Crippen molar-refractivity contribution >= 4 is 40.8 Å². The van der Waals surface area contributed by atoms with Crippen molar-refractivity contribution in [3.8, 4) is 0 Å². The molecule has 0 unspecified atom stereocenters. The Labute approximate surface area is 170 Å². The van der Waals surface area contributed by atoms with E-state index in [1.807, 2.05) is 6.07 Å². The van der Waals surface area contributed by atoms with Crippen molar-refractivity contribution in [1.29, 1.82) is 0 Å². The number of carbonyl (C=O) groups is 2. The molecular weight excluding hydrogens is 400 g/mol. The molecule has 3 rings (SSSR count). The van der Waals surface area contributed by atoms with Crippen molar-refractivity contribution in [2.45, 2.75) is 6.92 Å². The molecule has 0 saturated heterocycles. The number of carbonyl (C=O) groups excluding carboxylic acids is 2. The predicted molar refractivity (Wildman–Crippen MR) is 106 cm³/mol. The maximum Gasteiger partial charge on any atom is 0.347 e. The normalized spacial score (nSPS) is 14.7. The van der Waals surface area contributed by atoms with E-state index in [-0.39, 0.29) is 34.5 Å². The van der Waals surface area contributed by atoms with Crippen LogP contribution in [0.25, 0.3) is 6.08 Å². The molecule has 2 aromatic rings. The van der Waals surface area contributed by atoms with Gasteiger partial charge in [-0.15, -0.1) is 0 Å². The minimum Gasteiger partial charge on any atom is -0.462 e. The van der Waals surface area contributed by atoms with Crippen LogP contribution in [0.4, 0.5) is 11.4 Å². The van der Waals surface area contributed by atoms with E-state index in [4.69, 9.17) is 21.1 Å². The molecule has 8 nitrogen and oxygen atoms in total. The number of ketones is 1. The van der Waals surface area contributed by atoms with E-state index in [1.54, 1.807) is 31.2 Å². The fraction of sp³-hybridized carbons (Fsp3) is 0.100. The third kappa shape index (κ3) is 4.44. The molecule has 0 fully saturated rings. The summed E-state index contributed by atoms with van der Waals surface area (Å²) < 4.78 is 10.5. The van der Waals surface area contributed by atoms with Gasteiger partial charge in [0.15, 0.2) is 11.3 Å². The number of nitro groups is 1. The molecular formula is C20H15ClN2O6. The van der Waals surface area contributed by atoms with E-state index in [0.717, 1.165) is 0 Å². The topological polar surface area (TPSA) is 108 Å². The molecule has 0 bridgehead atoms. The maximum atomic E-state index is 12.8. The van der Waals surface area contributed by atoms with Crippen LogP contribution in [0.5, 0.6) is 0 Å². The fourth-order valence-electron chi connectivity index (χ4n) is 2.57. The van der Waals surface area contributed by atoms with Gasteiger partial charge >= 0.3 is 5.97 Å². The summed E-state index contributed by atoms with van der Waals surface area (Å²) >= 11 is 5.81. The second-order valence-corrected chi connectivity index (χ2v) is 6.23. The standard InChI is InChI=1S/C20H15ClN2O6/c1-2-28-20(25)17-18(24)16(29-19(17)22-13-6-4-3-5-7-13)11-12-8-9-14(21)15(10-12)23(26)27/h3-11,22H,2H2,1H3/b16-11-. The zero-order valence-corrected chi connectivity index (χ0v) is 15.9. The van der Waals surface area contributed by atoms with E-state index in [0.29, 0.717) is 11.3 Å². The van der Waals surface area contributed by atoms with E-state index >= 15 is 0 Å². The number of nitrogens with one attached hydrogen (secondary N) is 1. The number of benzene rings is 2. The van der Waals surface area contributed by atoms with E-state index in [9.17, 15) is 19.7 Å². The highest BCUT2D eigenvalue weighted by atomic mass is 35.5. The lowest BCUT2D eigenvalue weighted by atomic mass is 10.1. The smallest absolute Gasteiger partial charge is 0.347 e. The summed E-state index contributed by atoms with van der Waals surface area (Å²) in [5.74, 6) is -1.78. The Bertz CT molecular complexity index is 1050. The molecule has 0 saturated carbocycles. The number of hydrogen-bond acceptors (Lipinski definition) is 7. The molecule has 0 radical (unpaired) electrons. The van der Waals surface area contributed by atoms with E-state index < -0.39 is 16.7 Å². The monoisotopic (exact) mass is 414 g/mol. The van der Waals surface area contributed by atoms with Crippen LogP contribution in [-0.2, 0) is 19.1 Å². The van der Waals surface area contributed by atoms with Crippen LogP contribution in [0, 0.1) is 10.1 Å². The first kappa shape index (κ1) is 20.1. The third-order valence-electron chi connectivity index (χ3n) is 3.87. The Hall–Kier alpha value is -3.65. The zero-order chi connectivity index (χ0) is 21.0. The maximum absolute atomic E-state index is 12.8. The van der Waals surface area contributed by atoms with Gasteiger partial charge in [0.2, 0.25) is 11.7 Å². The van der Waals surface area contributed by atoms with Gasteiger partial charge in [0.25, 0.3) is 5.69 Å². The molecule has 1 aliphatic rings. The third-order valence-corrected chi connectivity index (χ3v) is 4.19. The first-order chi connectivity index (χ1) is 13.9. The van der Waals surface area contributed by atoms with Crippen molar-refractivity contribution in [2.24, 2.45) is 0 Å². The SMILES string of the molecule is CCOC(=O)C1=C(Nc2ccccc2)O/C(=C\c2ccc(Cl)c([N+](=O)[O-])c2)C1=O. The molecule has 0 aliphatic carbocycles. The predicted octanol–water partition coefficient (Wildman–Crippen LogP) is 4.08. The molecule has 148 valence electrons. The fourth-order valence-corrected chi connectivity index (χ4v) is 2.76. The second kappa shape index (κ2) is 8.57. The second-order valence-electron chi connectivity index (χ2n) is 5.82. The molecule has 0 atom stereocenters. The van der Waals surface area contributed by atoms with Crippen molar-refractivity contribution in [3.63, 3.8) is 0 Å². The first-order valence-corrected chi connectivity index (χ1v) is 8.90. The zero-order valence-electron chi connectivity index (χ0n) is 15.2. The highest BCUT2D eigenvalue weighted by Gasteiger charge is 2.37. The Balaban J connectivity index is 1.96.